The number of amides is 2. The summed E-state index contributed by atoms with van der Waals surface area (Å²) >= 11 is 0. The van der Waals surface area contributed by atoms with E-state index in [9.17, 15) is 9.59 Å². The lowest BCUT2D eigenvalue weighted by molar-refractivity contribution is -0.134. The highest BCUT2D eigenvalue weighted by molar-refractivity contribution is 6.00. The van der Waals surface area contributed by atoms with Crippen LogP contribution in [-0.2, 0) is 22.4 Å². The standard InChI is InChI=1S/C24H28N4O2/c1-16-19-14-22(30)28(15-18-10-11-18)24(19)26-23(25-16)20-9-5-6-12-27(20)21(29)13-17-7-3-2-4-8-17/h2-4,7-8,18,20H,5-6,9-15H2,1H3. The van der Waals surface area contributed by atoms with E-state index < -0.39 is 0 Å². The van der Waals surface area contributed by atoms with Crippen molar-refractivity contribution in [3.05, 3.63) is 53.0 Å². The number of hydrogen-bond donors (Lipinski definition) is 0. The molecule has 5 rings (SSSR count). The highest BCUT2D eigenvalue weighted by Gasteiger charge is 2.37. The molecule has 1 atom stereocenters. The molecular formula is C24H28N4O2. The maximum absolute atomic E-state index is 13.1. The van der Waals surface area contributed by atoms with Gasteiger partial charge in [0.1, 0.15) is 5.82 Å². The van der Waals surface area contributed by atoms with Crippen LogP contribution in [0.1, 0.15) is 60.8 Å². The lowest BCUT2D eigenvalue weighted by Gasteiger charge is -2.35. The molecular weight excluding hydrogens is 376 g/mol. The molecule has 6 nitrogen and oxygen atoms in total. The average molecular weight is 405 g/mol. The zero-order valence-electron chi connectivity index (χ0n) is 17.5. The normalized spacial score (nSPS) is 21.1. The fourth-order valence-electron chi connectivity index (χ4n) is 4.66. The van der Waals surface area contributed by atoms with E-state index in [-0.39, 0.29) is 17.9 Å². The Balaban J connectivity index is 1.43. The number of rotatable bonds is 5. The molecule has 30 heavy (non-hydrogen) atoms. The van der Waals surface area contributed by atoms with Crippen molar-refractivity contribution in [1.29, 1.82) is 0 Å². The van der Waals surface area contributed by atoms with Crippen LogP contribution >= 0.6 is 0 Å². The molecule has 3 aliphatic rings. The van der Waals surface area contributed by atoms with Crippen LogP contribution in [0.25, 0.3) is 0 Å². The van der Waals surface area contributed by atoms with Crippen molar-refractivity contribution in [3.63, 3.8) is 0 Å². The first-order chi connectivity index (χ1) is 14.6. The van der Waals surface area contributed by atoms with Gasteiger partial charge in [-0.3, -0.25) is 14.5 Å². The number of benzene rings is 1. The summed E-state index contributed by atoms with van der Waals surface area (Å²) in [7, 11) is 0. The topological polar surface area (TPSA) is 66.4 Å². The molecule has 2 aliphatic heterocycles. The van der Waals surface area contributed by atoms with E-state index >= 15 is 0 Å². The van der Waals surface area contributed by atoms with Gasteiger partial charge in [-0.05, 0) is 50.5 Å². The molecule has 1 unspecified atom stereocenters. The summed E-state index contributed by atoms with van der Waals surface area (Å²) in [5.74, 6) is 2.35. The highest BCUT2D eigenvalue weighted by atomic mass is 16.2. The predicted molar refractivity (Wildman–Crippen MR) is 114 cm³/mol. The smallest absolute Gasteiger partial charge is 0.232 e. The first kappa shape index (κ1) is 19.2. The number of carbonyl (C=O) groups is 2. The van der Waals surface area contributed by atoms with Crippen LogP contribution in [0.4, 0.5) is 5.82 Å². The third-order valence-electron chi connectivity index (χ3n) is 6.55. The maximum atomic E-state index is 13.1. The quantitative estimate of drug-likeness (QED) is 0.766. The molecule has 1 saturated carbocycles. The summed E-state index contributed by atoms with van der Waals surface area (Å²) < 4.78 is 0. The van der Waals surface area contributed by atoms with Crippen molar-refractivity contribution < 1.29 is 9.59 Å². The number of nitrogens with zero attached hydrogens (tertiary/aromatic N) is 4. The number of fused-ring (bicyclic) bond motifs is 1. The van der Waals surface area contributed by atoms with Gasteiger partial charge < -0.3 is 4.90 Å². The van der Waals surface area contributed by atoms with E-state index in [0.29, 0.717) is 24.6 Å². The van der Waals surface area contributed by atoms with E-state index in [1.807, 2.05) is 47.1 Å². The van der Waals surface area contributed by atoms with Gasteiger partial charge in [0.15, 0.2) is 5.82 Å². The lowest BCUT2D eigenvalue weighted by Crippen LogP contribution is -2.40. The highest BCUT2D eigenvalue weighted by Crippen LogP contribution is 2.37. The van der Waals surface area contributed by atoms with Gasteiger partial charge in [0, 0.05) is 24.3 Å². The van der Waals surface area contributed by atoms with Gasteiger partial charge in [0.05, 0.1) is 18.9 Å². The van der Waals surface area contributed by atoms with E-state index in [1.165, 1.54) is 12.8 Å². The maximum Gasteiger partial charge on any atom is 0.232 e. The Hall–Kier alpha value is -2.76. The first-order valence-corrected chi connectivity index (χ1v) is 11.1. The molecule has 156 valence electrons. The Labute approximate surface area is 177 Å². The number of anilines is 1. The van der Waals surface area contributed by atoms with Crippen LogP contribution in [0.3, 0.4) is 0 Å². The van der Waals surface area contributed by atoms with Gasteiger partial charge in [-0.2, -0.15) is 0 Å². The van der Waals surface area contributed by atoms with Gasteiger partial charge in [0.2, 0.25) is 11.8 Å². The summed E-state index contributed by atoms with van der Waals surface area (Å²) in [4.78, 5) is 39.3. The molecule has 0 N–H and O–H groups in total. The predicted octanol–water partition coefficient (Wildman–Crippen LogP) is 3.38. The third kappa shape index (κ3) is 3.71. The van der Waals surface area contributed by atoms with E-state index in [0.717, 1.165) is 55.0 Å². The SMILES string of the molecule is Cc1nc(C2CCCCN2C(=O)Cc2ccccc2)nc2c1CC(=O)N2CC1CC1. The number of carbonyl (C=O) groups excluding carboxylic acids is 2. The fourth-order valence-corrected chi connectivity index (χ4v) is 4.66. The first-order valence-electron chi connectivity index (χ1n) is 11.1. The summed E-state index contributed by atoms with van der Waals surface area (Å²) in [6.45, 7) is 3.47. The molecule has 0 spiro atoms. The Morgan fingerprint density at radius 3 is 2.67 bits per heavy atom. The van der Waals surface area contributed by atoms with Crippen LogP contribution in [0, 0.1) is 12.8 Å². The zero-order chi connectivity index (χ0) is 20.7. The minimum absolute atomic E-state index is 0.113. The minimum atomic E-state index is -0.113. The zero-order valence-corrected chi connectivity index (χ0v) is 17.5. The van der Waals surface area contributed by atoms with E-state index in [4.69, 9.17) is 9.97 Å². The van der Waals surface area contributed by atoms with Gasteiger partial charge in [-0.1, -0.05) is 30.3 Å². The van der Waals surface area contributed by atoms with E-state index in [2.05, 4.69) is 0 Å². The van der Waals surface area contributed by atoms with Crippen molar-refractivity contribution in [2.75, 3.05) is 18.0 Å². The number of aromatic nitrogens is 2. The molecule has 2 fully saturated rings. The molecule has 0 radical (unpaired) electrons. The largest absolute Gasteiger partial charge is 0.332 e. The molecule has 2 amide bonds. The van der Waals surface area contributed by atoms with Crippen LogP contribution in [0.5, 0.6) is 0 Å². The monoisotopic (exact) mass is 404 g/mol. The summed E-state index contributed by atoms with van der Waals surface area (Å²) in [6.07, 6.45) is 6.12. The second kappa shape index (κ2) is 7.82. The van der Waals surface area contributed by atoms with Gasteiger partial charge in [-0.15, -0.1) is 0 Å². The fraction of sp³-hybridized carbons (Fsp3) is 0.500. The van der Waals surface area contributed by atoms with Crippen molar-refractivity contribution in [2.45, 2.75) is 57.9 Å². The van der Waals surface area contributed by atoms with Gasteiger partial charge in [0.25, 0.3) is 0 Å². The van der Waals surface area contributed by atoms with Crippen molar-refractivity contribution in [2.24, 2.45) is 5.92 Å². The molecule has 3 heterocycles. The number of piperidine rings is 1. The summed E-state index contributed by atoms with van der Waals surface area (Å²) in [5.41, 5.74) is 2.86. The number of hydrogen-bond acceptors (Lipinski definition) is 4. The Bertz CT molecular complexity index is 971. The summed E-state index contributed by atoms with van der Waals surface area (Å²) in [5, 5.41) is 0. The molecule has 0 bridgehead atoms. The number of aryl methyl sites for hydroxylation is 1. The van der Waals surface area contributed by atoms with Gasteiger partial charge in [-0.25, -0.2) is 9.97 Å². The molecule has 1 saturated heterocycles. The Kier molecular flexibility index (Phi) is 5.01. The second-order valence-corrected chi connectivity index (χ2v) is 8.85. The molecule has 2 aromatic rings. The summed E-state index contributed by atoms with van der Waals surface area (Å²) in [6, 6.07) is 9.77. The lowest BCUT2D eigenvalue weighted by atomic mass is 9.99. The number of likely N-dealkylation sites (tertiary alicyclic amines) is 1. The van der Waals surface area contributed by atoms with Crippen LogP contribution in [0.2, 0.25) is 0 Å². The van der Waals surface area contributed by atoms with Gasteiger partial charge >= 0.3 is 0 Å². The average Bonchev–Trinajstić information content (AvgIpc) is 3.52. The molecule has 6 heteroatoms. The van der Waals surface area contributed by atoms with Crippen LogP contribution in [-0.4, -0.2) is 39.8 Å². The van der Waals surface area contributed by atoms with Crippen molar-refractivity contribution in [1.82, 2.24) is 14.9 Å². The Morgan fingerprint density at radius 1 is 1.10 bits per heavy atom. The Morgan fingerprint density at radius 2 is 1.90 bits per heavy atom. The van der Waals surface area contributed by atoms with Crippen molar-refractivity contribution in [3.8, 4) is 0 Å². The third-order valence-corrected chi connectivity index (χ3v) is 6.55. The van der Waals surface area contributed by atoms with E-state index in [1.54, 1.807) is 0 Å². The molecule has 1 aromatic carbocycles. The van der Waals surface area contributed by atoms with Crippen LogP contribution in [0.15, 0.2) is 30.3 Å². The molecule has 1 aliphatic carbocycles. The van der Waals surface area contributed by atoms with Crippen molar-refractivity contribution >= 4 is 17.6 Å². The second-order valence-electron chi connectivity index (χ2n) is 8.85. The minimum Gasteiger partial charge on any atom is -0.332 e. The molecule has 1 aromatic heterocycles. The van der Waals surface area contributed by atoms with Crippen LogP contribution < -0.4 is 4.90 Å².